The van der Waals surface area contributed by atoms with Crippen LogP contribution in [0.15, 0.2) is 30.6 Å². The molecule has 2 rings (SSSR count). The zero-order valence-corrected chi connectivity index (χ0v) is 13.9. The average Bonchev–Trinajstić information content (AvgIpc) is 2.81. The quantitative estimate of drug-likeness (QED) is 0.889. The first kappa shape index (κ1) is 15.9. The summed E-state index contributed by atoms with van der Waals surface area (Å²) in [6, 6.07) is 6.51. The lowest BCUT2D eigenvalue weighted by Gasteiger charge is -2.24. The first-order valence-electron chi connectivity index (χ1n) is 7.17. The van der Waals surface area contributed by atoms with Crippen LogP contribution < -0.4 is 10.2 Å². The number of hydrogen-bond donors (Lipinski definition) is 1. The van der Waals surface area contributed by atoms with Crippen molar-refractivity contribution in [1.82, 2.24) is 15.1 Å². The van der Waals surface area contributed by atoms with E-state index in [1.165, 1.54) is 11.1 Å². The molecule has 0 atom stereocenters. The zero-order valence-electron chi connectivity index (χ0n) is 13.1. The number of halogens is 1. The molecule has 0 bridgehead atoms. The Balaban J connectivity index is 2.20. The predicted molar refractivity (Wildman–Crippen MR) is 88.7 cm³/mol. The molecule has 1 aromatic heterocycles. The fraction of sp³-hybridized carbons (Fsp3) is 0.438. The van der Waals surface area contributed by atoms with Gasteiger partial charge >= 0.3 is 0 Å². The summed E-state index contributed by atoms with van der Waals surface area (Å²) in [4.78, 5) is 2.18. The molecule has 0 spiro atoms. The van der Waals surface area contributed by atoms with Crippen molar-refractivity contribution in [3.8, 4) is 0 Å². The van der Waals surface area contributed by atoms with Crippen molar-refractivity contribution in [2.75, 3.05) is 11.9 Å². The Labute approximate surface area is 131 Å². The molecule has 0 fully saturated rings. The van der Waals surface area contributed by atoms with Crippen LogP contribution in [-0.4, -0.2) is 22.9 Å². The molecule has 0 aliphatic carbocycles. The average molecular weight is 307 g/mol. The van der Waals surface area contributed by atoms with Crippen molar-refractivity contribution >= 4 is 17.3 Å². The van der Waals surface area contributed by atoms with Crippen molar-refractivity contribution < 1.29 is 0 Å². The van der Waals surface area contributed by atoms with Gasteiger partial charge < -0.3 is 10.2 Å². The molecule has 0 aliphatic heterocycles. The summed E-state index contributed by atoms with van der Waals surface area (Å²) in [5.74, 6) is 0. The van der Waals surface area contributed by atoms with Crippen molar-refractivity contribution in [2.24, 2.45) is 7.05 Å². The topological polar surface area (TPSA) is 33.1 Å². The van der Waals surface area contributed by atoms with E-state index in [4.69, 9.17) is 11.6 Å². The standard InChI is InChI=1S/C16H23ClN4/c1-12(2)18-9-14-6-5-7-15(17)16(14)20(3)10-13-8-19-21(4)11-13/h5-8,11-12,18H,9-10H2,1-4H3. The maximum absolute atomic E-state index is 6.42. The summed E-state index contributed by atoms with van der Waals surface area (Å²) in [7, 11) is 3.99. The van der Waals surface area contributed by atoms with Gasteiger partial charge in [0.25, 0.3) is 0 Å². The second kappa shape index (κ2) is 6.96. The highest BCUT2D eigenvalue weighted by Gasteiger charge is 2.13. The molecule has 114 valence electrons. The number of benzene rings is 1. The van der Waals surface area contributed by atoms with E-state index in [1.54, 1.807) is 0 Å². The van der Waals surface area contributed by atoms with Crippen LogP contribution in [-0.2, 0) is 20.1 Å². The van der Waals surface area contributed by atoms with Gasteiger partial charge in [0.15, 0.2) is 0 Å². The molecular formula is C16H23ClN4. The third kappa shape index (κ3) is 4.22. The van der Waals surface area contributed by atoms with Crippen LogP contribution in [0.25, 0.3) is 0 Å². The van der Waals surface area contributed by atoms with E-state index < -0.39 is 0 Å². The molecule has 4 nitrogen and oxygen atoms in total. The van der Waals surface area contributed by atoms with Crippen LogP contribution in [0.4, 0.5) is 5.69 Å². The summed E-state index contributed by atoms with van der Waals surface area (Å²) >= 11 is 6.42. The van der Waals surface area contributed by atoms with Gasteiger partial charge in [-0.1, -0.05) is 37.6 Å². The molecule has 1 aromatic carbocycles. The Bertz CT molecular complexity index is 592. The molecule has 0 unspecified atom stereocenters. The number of nitrogens with zero attached hydrogens (tertiary/aromatic N) is 3. The molecule has 0 saturated heterocycles. The molecule has 0 radical (unpaired) electrons. The fourth-order valence-corrected chi connectivity index (χ4v) is 2.69. The van der Waals surface area contributed by atoms with E-state index in [-0.39, 0.29) is 0 Å². The maximum Gasteiger partial charge on any atom is 0.0642 e. The Morgan fingerprint density at radius 2 is 2.14 bits per heavy atom. The summed E-state index contributed by atoms with van der Waals surface area (Å²) in [5, 5.41) is 8.44. The molecule has 1 N–H and O–H groups in total. The minimum atomic E-state index is 0.445. The van der Waals surface area contributed by atoms with E-state index in [0.29, 0.717) is 6.04 Å². The lowest BCUT2D eigenvalue weighted by atomic mass is 10.1. The van der Waals surface area contributed by atoms with Crippen LogP contribution in [0.2, 0.25) is 5.02 Å². The Kier molecular flexibility index (Phi) is 5.26. The van der Waals surface area contributed by atoms with Crippen molar-refractivity contribution in [2.45, 2.75) is 33.0 Å². The van der Waals surface area contributed by atoms with Gasteiger partial charge in [-0.05, 0) is 11.6 Å². The van der Waals surface area contributed by atoms with Crippen LogP contribution in [0, 0.1) is 0 Å². The van der Waals surface area contributed by atoms with Gasteiger partial charge in [0.05, 0.1) is 16.9 Å². The monoisotopic (exact) mass is 306 g/mol. The molecule has 1 heterocycles. The van der Waals surface area contributed by atoms with Gasteiger partial charge in [0.1, 0.15) is 0 Å². The van der Waals surface area contributed by atoms with Gasteiger partial charge in [0.2, 0.25) is 0 Å². The largest absolute Gasteiger partial charge is 0.369 e. The summed E-state index contributed by atoms with van der Waals surface area (Å²) in [6.07, 6.45) is 3.92. The molecule has 0 saturated carbocycles. The number of hydrogen-bond acceptors (Lipinski definition) is 3. The number of aryl methyl sites for hydroxylation is 1. The van der Waals surface area contributed by atoms with E-state index in [2.05, 4.69) is 42.3 Å². The van der Waals surface area contributed by atoms with Gasteiger partial charge in [-0.3, -0.25) is 4.68 Å². The van der Waals surface area contributed by atoms with Crippen LogP contribution in [0.3, 0.4) is 0 Å². The van der Waals surface area contributed by atoms with E-state index in [9.17, 15) is 0 Å². The van der Waals surface area contributed by atoms with E-state index >= 15 is 0 Å². The van der Waals surface area contributed by atoms with Crippen molar-refractivity contribution in [3.05, 3.63) is 46.7 Å². The Morgan fingerprint density at radius 3 is 2.76 bits per heavy atom. The second-order valence-electron chi connectivity index (χ2n) is 5.66. The van der Waals surface area contributed by atoms with Gasteiger partial charge in [-0.25, -0.2) is 0 Å². The maximum atomic E-state index is 6.42. The highest BCUT2D eigenvalue weighted by Crippen LogP contribution is 2.30. The lowest BCUT2D eigenvalue weighted by Crippen LogP contribution is -2.24. The molecule has 0 aliphatic rings. The van der Waals surface area contributed by atoms with E-state index in [1.807, 2.05) is 36.3 Å². The van der Waals surface area contributed by atoms with E-state index in [0.717, 1.165) is 23.8 Å². The van der Waals surface area contributed by atoms with Crippen molar-refractivity contribution in [1.29, 1.82) is 0 Å². The van der Waals surface area contributed by atoms with Gasteiger partial charge in [0, 0.05) is 45.0 Å². The smallest absolute Gasteiger partial charge is 0.0642 e. The Hall–Kier alpha value is -1.52. The Morgan fingerprint density at radius 1 is 1.38 bits per heavy atom. The first-order valence-corrected chi connectivity index (χ1v) is 7.54. The van der Waals surface area contributed by atoms with Crippen LogP contribution >= 0.6 is 11.6 Å². The summed E-state index contributed by atoms with van der Waals surface area (Å²) in [6.45, 7) is 5.88. The molecule has 2 aromatic rings. The minimum Gasteiger partial charge on any atom is -0.369 e. The minimum absolute atomic E-state index is 0.445. The summed E-state index contributed by atoms with van der Waals surface area (Å²) in [5.41, 5.74) is 3.46. The SMILES string of the molecule is CC(C)NCc1cccc(Cl)c1N(C)Cc1cnn(C)c1. The second-order valence-corrected chi connectivity index (χ2v) is 6.07. The molecule has 0 amide bonds. The zero-order chi connectivity index (χ0) is 15.4. The van der Waals surface area contributed by atoms with Crippen LogP contribution in [0.1, 0.15) is 25.0 Å². The number of rotatable bonds is 6. The number of anilines is 1. The predicted octanol–water partition coefficient (Wildman–Crippen LogP) is 3.21. The number of para-hydroxylation sites is 1. The fourth-order valence-electron chi connectivity index (χ4n) is 2.35. The highest BCUT2D eigenvalue weighted by atomic mass is 35.5. The summed E-state index contributed by atoms with van der Waals surface area (Å²) < 4.78 is 1.82. The third-order valence-corrected chi connectivity index (χ3v) is 3.64. The highest BCUT2D eigenvalue weighted by molar-refractivity contribution is 6.33. The van der Waals surface area contributed by atoms with Gasteiger partial charge in [-0.2, -0.15) is 5.10 Å². The van der Waals surface area contributed by atoms with Gasteiger partial charge in [-0.15, -0.1) is 0 Å². The number of aromatic nitrogens is 2. The van der Waals surface area contributed by atoms with Crippen molar-refractivity contribution in [3.63, 3.8) is 0 Å². The molecule has 21 heavy (non-hydrogen) atoms. The lowest BCUT2D eigenvalue weighted by molar-refractivity contribution is 0.588. The molecule has 5 heteroatoms. The number of nitrogens with one attached hydrogen (secondary N) is 1. The van der Waals surface area contributed by atoms with Crippen LogP contribution in [0.5, 0.6) is 0 Å². The molecular weight excluding hydrogens is 284 g/mol. The third-order valence-electron chi connectivity index (χ3n) is 3.33. The first-order chi connectivity index (χ1) is 9.97. The normalized spacial score (nSPS) is 11.1.